The lowest BCUT2D eigenvalue weighted by Gasteiger charge is -2.13. The molecule has 0 atom stereocenters. The van der Waals surface area contributed by atoms with E-state index in [0.29, 0.717) is 12.4 Å². The minimum absolute atomic E-state index is 0.550. The van der Waals surface area contributed by atoms with Gasteiger partial charge < -0.3 is 9.47 Å². The lowest BCUT2D eigenvalue weighted by molar-refractivity contribution is 0.303. The monoisotopic (exact) mass is 386 g/mol. The van der Waals surface area contributed by atoms with Crippen molar-refractivity contribution >= 4 is 0 Å². The van der Waals surface area contributed by atoms with Gasteiger partial charge in [-0.15, -0.1) is 10.2 Å². The predicted octanol–water partition coefficient (Wildman–Crippen LogP) is 4.24. The molecule has 0 aliphatic rings. The Morgan fingerprint density at radius 2 is 1.59 bits per heavy atom. The van der Waals surface area contributed by atoms with Gasteiger partial charge in [0.2, 0.25) is 5.82 Å². The number of hydrogen-bond acceptors (Lipinski definition) is 5. The molecule has 0 unspecified atom stereocenters. The van der Waals surface area contributed by atoms with Crippen LogP contribution in [-0.4, -0.2) is 27.7 Å². The van der Waals surface area contributed by atoms with Crippen molar-refractivity contribution in [2.45, 2.75) is 19.4 Å². The van der Waals surface area contributed by atoms with Crippen molar-refractivity contribution in [1.29, 1.82) is 0 Å². The molecule has 0 spiro atoms. The number of rotatable bonds is 8. The van der Waals surface area contributed by atoms with E-state index in [2.05, 4.69) is 44.9 Å². The zero-order chi connectivity index (χ0) is 19.9. The van der Waals surface area contributed by atoms with Crippen LogP contribution in [0.3, 0.4) is 0 Å². The summed E-state index contributed by atoms with van der Waals surface area (Å²) in [6.07, 6.45) is 1.68. The number of nitrogens with one attached hydrogen (secondary N) is 1. The third kappa shape index (κ3) is 4.60. The molecule has 1 aromatic heterocycles. The van der Waals surface area contributed by atoms with E-state index in [4.69, 9.17) is 9.47 Å². The first-order valence-electron chi connectivity index (χ1n) is 9.49. The number of H-pyrrole nitrogens is 1. The molecule has 1 heterocycles. The van der Waals surface area contributed by atoms with Crippen LogP contribution >= 0.6 is 0 Å². The van der Waals surface area contributed by atoms with E-state index in [1.165, 1.54) is 5.56 Å². The van der Waals surface area contributed by atoms with Crippen molar-refractivity contribution in [3.8, 4) is 22.9 Å². The second-order valence-corrected chi connectivity index (χ2v) is 6.64. The Labute approximate surface area is 169 Å². The van der Waals surface area contributed by atoms with Gasteiger partial charge in [-0.3, -0.25) is 0 Å². The van der Waals surface area contributed by atoms with Crippen LogP contribution in [0.15, 0.2) is 72.8 Å². The fourth-order valence-electron chi connectivity index (χ4n) is 3.23. The van der Waals surface area contributed by atoms with Gasteiger partial charge in [0.15, 0.2) is 0 Å². The molecule has 4 rings (SSSR count). The van der Waals surface area contributed by atoms with Gasteiger partial charge in [-0.05, 0) is 46.9 Å². The SMILES string of the molecule is COc1cc(-c2nn[nH]n2)ccc1CCc1ccccc1OCc1ccccc1. The first-order valence-corrected chi connectivity index (χ1v) is 9.49. The van der Waals surface area contributed by atoms with Crippen LogP contribution in [0.25, 0.3) is 11.4 Å². The van der Waals surface area contributed by atoms with Crippen LogP contribution in [-0.2, 0) is 19.4 Å². The van der Waals surface area contributed by atoms with E-state index in [0.717, 1.165) is 41.0 Å². The molecule has 1 N–H and O–H groups in total. The Balaban J connectivity index is 1.46. The van der Waals surface area contributed by atoms with Gasteiger partial charge in [-0.1, -0.05) is 60.7 Å². The van der Waals surface area contributed by atoms with Gasteiger partial charge in [0.1, 0.15) is 18.1 Å². The molecule has 0 aliphatic heterocycles. The lowest BCUT2D eigenvalue weighted by atomic mass is 10.0. The molecular weight excluding hydrogens is 364 g/mol. The first-order chi connectivity index (χ1) is 14.3. The first kappa shape index (κ1) is 18.7. The highest BCUT2D eigenvalue weighted by molar-refractivity contribution is 5.58. The number of hydrogen-bond donors (Lipinski definition) is 1. The van der Waals surface area contributed by atoms with Crippen molar-refractivity contribution in [2.24, 2.45) is 0 Å². The van der Waals surface area contributed by atoms with Crippen molar-refractivity contribution in [2.75, 3.05) is 7.11 Å². The molecule has 0 radical (unpaired) electrons. The van der Waals surface area contributed by atoms with E-state index >= 15 is 0 Å². The van der Waals surface area contributed by atoms with Crippen LogP contribution in [0.4, 0.5) is 0 Å². The summed E-state index contributed by atoms with van der Waals surface area (Å²) in [5.74, 6) is 2.28. The molecule has 6 heteroatoms. The maximum absolute atomic E-state index is 6.08. The van der Waals surface area contributed by atoms with Crippen LogP contribution in [0.2, 0.25) is 0 Å². The summed E-state index contributed by atoms with van der Waals surface area (Å²) in [6.45, 7) is 0.556. The topological polar surface area (TPSA) is 72.9 Å². The highest BCUT2D eigenvalue weighted by Crippen LogP contribution is 2.28. The van der Waals surface area contributed by atoms with E-state index in [9.17, 15) is 0 Å². The second-order valence-electron chi connectivity index (χ2n) is 6.64. The van der Waals surface area contributed by atoms with E-state index in [1.807, 2.05) is 48.5 Å². The summed E-state index contributed by atoms with van der Waals surface area (Å²) < 4.78 is 11.7. The molecule has 4 aromatic rings. The molecule has 0 saturated carbocycles. The minimum atomic E-state index is 0.550. The quantitative estimate of drug-likeness (QED) is 0.490. The summed E-state index contributed by atoms with van der Waals surface area (Å²) in [6, 6.07) is 24.4. The van der Waals surface area contributed by atoms with Crippen molar-refractivity contribution in [1.82, 2.24) is 20.6 Å². The number of tetrazole rings is 1. The Bertz CT molecular complexity index is 1050. The highest BCUT2D eigenvalue weighted by atomic mass is 16.5. The second kappa shape index (κ2) is 9.01. The average molecular weight is 386 g/mol. The van der Waals surface area contributed by atoms with Crippen LogP contribution in [0.5, 0.6) is 11.5 Å². The Hall–Kier alpha value is -3.67. The van der Waals surface area contributed by atoms with Crippen molar-refractivity contribution in [3.63, 3.8) is 0 Å². The number of ether oxygens (including phenoxy) is 2. The summed E-state index contributed by atoms with van der Waals surface area (Å²) in [7, 11) is 1.68. The molecule has 0 fully saturated rings. The van der Waals surface area contributed by atoms with Gasteiger partial charge in [-0.2, -0.15) is 5.21 Å². The average Bonchev–Trinajstić information content (AvgIpc) is 3.32. The van der Waals surface area contributed by atoms with Gasteiger partial charge in [0, 0.05) is 5.56 Å². The zero-order valence-electron chi connectivity index (χ0n) is 16.2. The fourth-order valence-corrected chi connectivity index (χ4v) is 3.23. The molecule has 146 valence electrons. The van der Waals surface area contributed by atoms with Crippen LogP contribution < -0.4 is 9.47 Å². The predicted molar refractivity (Wildman–Crippen MR) is 111 cm³/mol. The van der Waals surface area contributed by atoms with E-state index in [1.54, 1.807) is 7.11 Å². The summed E-state index contributed by atoms with van der Waals surface area (Å²) in [5.41, 5.74) is 4.32. The number of nitrogens with zero attached hydrogens (tertiary/aromatic N) is 3. The maximum atomic E-state index is 6.08. The van der Waals surface area contributed by atoms with Crippen molar-refractivity contribution in [3.05, 3.63) is 89.5 Å². The Morgan fingerprint density at radius 1 is 0.828 bits per heavy atom. The number of methoxy groups -OCH3 is 1. The lowest BCUT2D eigenvalue weighted by Crippen LogP contribution is -2.01. The third-order valence-electron chi connectivity index (χ3n) is 4.76. The number of para-hydroxylation sites is 1. The summed E-state index contributed by atoms with van der Waals surface area (Å²) in [4.78, 5) is 0. The standard InChI is InChI=1S/C23H22N4O2/c1-28-22-15-20(23-24-26-27-25-23)14-13-19(22)12-11-18-9-5-6-10-21(18)29-16-17-7-3-2-4-8-17/h2-10,13-15H,11-12,16H2,1H3,(H,24,25,26,27). The highest BCUT2D eigenvalue weighted by Gasteiger charge is 2.11. The normalized spacial score (nSPS) is 10.7. The molecule has 6 nitrogen and oxygen atoms in total. The Kier molecular flexibility index (Phi) is 5.81. The molecule has 0 amide bonds. The molecular formula is C23H22N4O2. The molecule has 0 aliphatic carbocycles. The number of aromatic amines is 1. The van der Waals surface area contributed by atoms with Gasteiger partial charge in [0.05, 0.1) is 7.11 Å². The van der Waals surface area contributed by atoms with Crippen LogP contribution in [0, 0.1) is 0 Å². The zero-order valence-corrected chi connectivity index (χ0v) is 16.2. The molecule has 3 aromatic carbocycles. The maximum Gasteiger partial charge on any atom is 0.204 e. The van der Waals surface area contributed by atoms with Gasteiger partial charge in [0.25, 0.3) is 0 Å². The molecule has 0 bridgehead atoms. The summed E-state index contributed by atoms with van der Waals surface area (Å²) >= 11 is 0. The van der Waals surface area contributed by atoms with E-state index in [-0.39, 0.29) is 0 Å². The third-order valence-corrected chi connectivity index (χ3v) is 4.76. The largest absolute Gasteiger partial charge is 0.496 e. The molecule has 0 saturated heterocycles. The van der Waals surface area contributed by atoms with Crippen molar-refractivity contribution < 1.29 is 9.47 Å². The van der Waals surface area contributed by atoms with Gasteiger partial charge >= 0.3 is 0 Å². The number of aryl methyl sites for hydroxylation is 2. The minimum Gasteiger partial charge on any atom is -0.496 e. The van der Waals surface area contributed by atoms with Gasteiger partial charge in [-0.25, -0.2) is 0 Å². The summed E-state index contributed by atoms with van der Waals surface area (Å²) in [5, 5.41) is 14.1. The fraction of sp³-hybridized carbons (Fsp3) is 0.174. The number of benzene rings is 3. The smallest absolute Gasteiger partial charge is 0.204 e. The van der Waals surface area contributed by atoms with Crippen LogP contribution in [0.1, 0.15) is 16.7 Å². The Morgan fingerprint density at radius 3 is 2.34 bits per heavy atom. The molecule has 29 heavy (non-hydrogen) atoms. The van der Waals surface area contributed by atoms with E-state index < -0.39 is 0 Å². The number of aromatic nitrogens is 4.